The SMILES string of the molecule is Cc1nnc(-c2cc[n+](/N=C(\[O-])c3ccc(Br)cc3)cc2)o1. The highest BCUT2D eigenvalue weighted by atomic mass is 79.9. The number of benzene rings is 1. The van der Waals surface area contributed by atoms with Crippen LogP contribution in [0.5, 0.6) is 0 Å². The van der Waals surface area contributed by atoms with Crippen LogP contribution in [0, 0.1) is 6.92 Å². The van der Waals surface area contributed by atoms with E-state index >= 15 is 0 Å². The molecule has 0 saturated heterocycles. The molecule has 3 aromatic rings. The zero-order valence-corrected chi connectivity index (χ0v) is 13.2. The Kier molecular flexibility index (Phi) is 3.97. The number of hydrogen-bond acceptors (Lipinski definition) is 5. The van der Waals surface area contributed by atoms with E-state index in [0.29, 0.717) is 17.3 Å². The van der Waals surface area contributed by atoms with Gasteiger partial charge >= 0.3 is 0 Å². The van der Waals surface area contributed by atoms with Crippen LogP contribution in [0.1, 0.15) is 11.5 Å². The summed E-state index contributed by atoms with van der Waals surface area (Å²) in [5, 5.41) is 23.7. The van der Waals surface area contributed by atoms with Crippen LogP contribution in [0.4, 0.5) is 0 Å². The monoisotopic (exact) mass is 358 g/mol. The number of rotatable bonds is 3. The molecule has 0 aliphatic carbocycles. The fourth-order valence-electron chi connectivity index (χ4n) is 1.80. The van der Waals surface area contributed by atoms with Gasteiger partial charge in [0, 0.05) is 23.5 Å². The molecule has 1 aromatic carbocycles. The fraction of sp³-hybridized carbons (Fsp3) is 0.0667. The average Bonchev–Trinajstić information content (AvgIpc) is 2.95. The molecule has 22 heavy (non-hydrogen) atoms. The third-order valence-corrected chi connectivity index (χ3v) is 3.41. The minimum absolute atomic E-state index is 0.320. The Morgan fingerprint density at radius 3 is 2.41 bits per heavy atom. The van der Waals surface area contributed by atoms with Gasteiger partial charge in [0.05, 0.1) is 11.5 Å². The van der Waals surface area contributed by atoms with Gasteiger partial charge in [-0.2, -0.15) is 0 Å². The molecule has 7 heteroatoms. The number of nitrogens with zero attached hydrogens (tertiary/aromatic N) is 4. The van der Waals surface area contributed by atoms with Crippen molar-refractivity contribution in [3.8, 4) is 11.5 Å². The summed E-state index contributed by atoms with van der Waals surface area (Å²) in [5.41, 5.74) is 1.29. The van der Waals surface area contributed by atoms with E-state index in [4.69, 9.17) is 4.42 Å². The molecule has 0 atom stereocenters. The smallest absolute Gasteiger partial charge is 0.248 e. The summed E-state index contributed by atoms with van der Waals surface area (Å²) in [4.78, 5) is 0. The van der Waals surface area contributed by atoms with Crippen LogP contribution in [0.15, 0.2) is 62.8 Å². The molecule has 2 aromatic heterocycles. The number of aryl methyl sites for hydroxylation is 1. The van der Waals surface area contributed by atoms with Crippen LogP contribution < -0.4 is 9.78 Å². The maximum Gasteiger partial charge on any atom is 0.248 e. The Balaban J connectivity index is 1.83. The largest absolute Gasteiger partial charge is 0.854 e. The quantitative estimate of drug-likeness (QED) is 0.405. The summed E-state index contributed by atoms with van der Waals surface area (Å²) in [6.45, 7) is 1.73. The highest BCUT2D eigenvalue weighted by molar-refractivity contribution is 9.10. The van der Waals surface area contributed by atoms with Gasteiger partial charge in [-0.15, -0.1) is 10.2 Å². The van der Waals surface area contributed by atoms with Crippen LogP contribution >= 0.6 is 15.9 Å². The van der Waals surface area contributed by atoms with E-state index in [0.717, 1.165) is 10.0 Å². The summed E-state index contributed by atoms with van der Waals surface area (Å²) in [6.07, 6.45) is 3.32. The molecule has 0 unspecified atom stereocenters. The molecule has 0 amide bonds. The van der Waals surface area contributed by atoms with Crippen LogP contribution in [0.25, 0.3) is 11.5 Å². The van der Waals surface area contributed by atoms with E-state index < -0.39 is 0 Å². The van der Waals surface area contributed by atoms with Crippen LogP contribution in [-0.2, 0) is 0 Å². The first-order valence-electron chi connectivity index (χ1n) is 6.45. The van der Waals surface area contributed by atoms with Crippen molar-refractivity contribution in [3.63, 3.8) is 0 Å². The lowest BCUT2D eigenvalue weighted by molar-refractivity contribution is -0.681. The second-order valence-electron chi connectivity index (χ2n) is 4.51. The van der Waals surface area contributed by atoms with Crippen LogP contribution in [0.3, 0.4) is 0 Å². The number of hydrogen-bond donors (Lipinski definition) is 0. The van der Waals surface area contributed by atoms with E-state index in [9.17, 15) is 5.11 Å². The predicted molar refractivity (Wildman–Crippen MR) is 80.7 cm³/mol. The van der Waals surface area contributed by atoms with E-state index in [1.54, 1.807) is 55.7 Å². The highest BCUT2D eigenvalue weighted by Gasteiger charge is 2.08. The van der Waals surface area contributed by atoms with E-state index in [1.165, 1.54) is 4.68 Å². The number of halogens is 1. The maximum absolute atomic E-state index is 12.0. The van der Waals surface area contributed by atoms with Crippen molar-refractivity contribution in [2.45, 2.75) is 6.92 Å². The summed E-state index contributed by atoms with van der Waals surface area (Å²) < 4.78 is 7.69. The molecule has 0 bridgehead atoms. The molecular weight excluding hydrogens is 348 g/mol. The lowest BCUT2D eigenvalue weighted by Gasteiger charge is -2.06. The molecule has 0 spiro atoms. The average molecular weight is 359 g/mol. The molecule has 0 radical (unpaired) electrons. The van der Waals surface area contributed by atoms with Crippen molar-refractivity contribution in [2.24, 2.45) is 5.10 Å². The first-order valence-corrected chi connectivity index (χ1v) is 7.25. The summed E-state index contributed by atoms with van der Waals surface area (Å²) in [6, 6.07) is 10.5. The van der Waals surface area contributed by atoms with E-state index in [-0.39, 0.29) is 5.90 Å². The van der Waals surface area contributed by atoms with E-state index in [2.05, 4.69) is 31.2 Å². The Hall–Kier alpha value is -2.54. The van der Waals surface area contributed by atoms with Crippen LogP contribution in [-0.4, -0.2) is 16.1 Å². The van der Waals surface area contributed by atoms with Gasteiger partial charge in [-0.3, -0.25) is 0 Å². The van der Waals surface area contributed by atoms with Crippen molar-refractivity contribution in [3.05, 3.63) is 64.7 Å². The molecule has 0 N–H and O–H groups in total. The lowest BCUT2D eigenvalue weighted by Crippen LogP contribution is -2.33. The fourth-order valence-corrected chi connectivity index (χ4v) is 2.06. The normalized spacial score (nSPS) is 11.6. The Morgan fingerprint density at radius 2 is 1.82 bits per heavy atom. The molecule has 0 aliphatic heterocycles. The maximum atomic E-state index is 12.0. The van der Waals surface area contributed by atoms with Crippen molar-refractivity contribution in [2.75, 3.05) is 0 Å². The summed E-state index contributed by atoms with van der Waals surface area (Å²) in [7, 11) is 0. The van der Waals surface area contributed by atoms with Crippen LogP contribution in [0.2, 0.25) is 0 Å². The minimum atomic E-state index is -0.320. The molecule has 0 fully saturated rings. The third kappa shape index (κ3) is 3.20. The van der Waals surface area contributed by atoms with Gasteiger partial charge in [-0.05, 0) is 22.8 Å². The third-order valence-electron chi connectivity index (χ3n) is 2.88. The molecule has 110 valence electrons. The minimum Gasteiger partial charge on any atom is -0.854 e. The number of pyridine rings is 1. The van der Waals surface area contributed by atoms with Gasteiger partial charge in [0.15, 0.2) is 0 Å². The van der Waals surface area contributed by atoms with Gasteiger partial charge in [0.2, 0.25) is 24.2 Å². The van der Waals surface area contributed by atoms with Gasteiger partial charge in [-0.25, -0.2) is 0 Å². The summed E-state index contributed by atoms with van der Waals surface area (Å²) in [5.74, 6) is 0.615. The summed E-state index contributed by atoms with van der Waals surface area (Å²) >= 11 is 3.33. The molecular formula is C15H11BrN4O2. The highest BCUT2D eigenvalue weighted by Crippen LogP contribution is 2.15. The lowest BCUT2D eigenvalue weighted by atomic mass is 10.2. The molecule has 0 aliphatic rings. The molecule has 0 saturated carbocycles. The Bertz CT molecular complexity index is 810. The molecule has 6 nitrogen and oxygen atoms in total. The van der Waals surface area contributed by atoms with Gasteiger partial charge in [0.25, 0.3) is 0 Å². The zero-order valence-electron chi connectivity index (χ0n) is 11.6. The first-order chi connectivity index (χ1) is 10.6. The standard InChI is InChI=1S/C15H11BrN4O2/c1-10-17-18-15(22-10)12-6-8-20(9-7-12)19-14(21)11-2-4-13(16)5-3-11/h2-9H,1H3. The zero-order chi connectivity index (χ0) is 15.5. The Labute approximate surface area is 134 Å². The topological polar surface area (TPSA) is 78.2 Å². The first kappa shape index (κ1) is 14.4. The van der Waals surface area contributed by atoms with Gasteiger partial charge < -0.3 is 9.52 Å². The Morgan fingerprint density at radius 1 is 1.14 bits per heavy atom. The van der Waals surface area contributed by atoms with Gasteiger partial charge in [0.1, 0.15) is 0 Å². The number of aromatic nitrogens is 3. The van der Waals surface area contributed by atoms with Crippen molar-refractivity contribution in [1.82, 2.24) is 10.2 Å². The molecule has 3 rings (SSSR count). The second-order valence-corrected chi connectivity index (χ2v) is 5.42. The van der Waals surface area contributed by atoms with Crippen molar-refractivity contribution in [1.29, 1.82) is 0 Å². The second kappa shape index (κ2) is 6.07. The van der Waals surface area contributed by atoms with Crippen molar-refractivity contribution < 1.29 is 14.2 Å². The van der Waals surface area contributed by atoms with Gasteiger partial charge in [-0.1, -0.05) is 32.7 Å². The van der Waals surface area contributed by atoms with Crippen molar-refractivity contribution >= 4 is 21.8 Å². The predicted octanol–water partition coefficient (Wildman–Crippen LogP) is 1.67. The molecule has 2 heterocycles. The van der Waals surface area contributed by atoms with E-state index in [1.807, 2.05) is 0 Å².